The van der Waals surface area contributed by atoms with E-state index in [4.69, 9.17) is 19.2 Å². The third-order valence-electron chi connectivity index (χ3n) is 6.03. The van der Waals surface area contributed by atoms with E-state index >= 15 is 0 Å². The third-order valence-corrected chi connectivity index (χ3v) is 6.03. The Morgan fingerprint density at radius 3 is 2.53 bits per heavy atom. The average molecular weight is 458 g/mol. The van der Waals surface area contributed by atoms with E-state index in [2.05, 4.69) is 4.90 Å². The molecule has 1 fully saturated rings. The van der Waals surface area contributed by atoms with Crippen molar-refractivity contribution in [3.63, 3.8) is 0 Å². The minimum Gasteiger partial charge on any atom is -0.497 e. The zero-order chi connectivity index (χ0) is 23.5. The van der Waals surface area contributed by atoms with Crippen LogP contribution in [0.15, 0.2) is 71.7 Å². The molecule has 174 valence electrons. The van der Waals surface area contributed by atoms with Gasteiger partial charge in [-0.3, -0.25) is 0 Å². The van der Waals surface area contributed by atoms with E-state index in [1.165, 1.54) is 0 Å². The van der Waals surface area contributed by atoms with E-state index < -0.39 is 0 Å². The number of aryl methyl sites for hydroxylation is 1. The van der Waals surface area contributed by atoms with Gasteiger partial charge in [0.15, 0.2) is 5.75 Å². The number of amides is 1. The zero-order valence-corrected chi connectivity index (χ0v) is 19.4. The molecule has 0 bridgehead atoms. The van der Waals surface area contributed by atoms with Crippen LogP contribution in [-0.2, 0) is 11.3 Å². The number of methoxy groups -OCH3 is 1. The fourth-order valence-corrected chi connectivity index (χ4v) is 4.14. The fraction of sp³-hybridized carbons (Fsp3) is 0.259. The van der Waals surface area contributed by atoms with Gasteiger partial charge >= 0.3 is 6.09 Å². The number of rotatable bonds is 3. The van der Waals surface area contributed by atoms with Crippen LogP contribution in [0.25, 0.3) is 0 Å². The molecule has 3 aromatic carbocycles. The van der Waals surface area contributed by atoms with Crippen molar-refractivity contribution < 1.29 is 19.0 Å². The molecule has 0 radical (unpaired) electrons. The summed E-state index contributed by atoms with van der Waals surface area (Å²) in [6.45, 7) is 4.70. The summed E-state index contributed by atoms with van der Waals surface area (Å²) in [6.07, 6.45) is -0.291. The minimum atomic E-state index is -0.291. The lowest BCUT2D eigenvalue weighted by molar-refractivity contribution is 0.0826. The second-order valence-electron chi connectivity index (χ2n) is 8.39. The van der Waals surface area contributed by atoms with Crippen molar-refractivity contribution in [2.45, 2.75) is 13.5 Å². The highest BCUT2D eigenvalue weighted by Gasteiger charge is 2.28. The maximum atomic E-state index is 12.6. The molecular weight excluding hydrogens is 430 g/mol. The SMILES string of the molecule is COc1ccc2c(c1)Oc1cc(C)ccc1N=C2N1CCN(C(=O)OCc2ccccc2)CC1. The predicted octanol–water partition coefficient (Wildman–Crippen LogP) is 5.14. The molecule has 2 heterocycles. The van der Waals surface area contributed by atoms with Crippen molar-refractivity contribution in [3.8, 4) is 17.2 Å². The summed E-state index contributed by atoms with van der Waals surface area (Å²) >= 11 is 0. The van der Waals surface area contributed by atoms with Gasteiger partial charge in [-0.15, -0.1) is 0 Å². The van der Waals surface area contributed by atoms with Crippen molar-refractivity contribution in [2.24, 2.45) is 4.99 Å². The summed E-state index contributed by atoms with van der Waals surface area (Å²) in [6, 6.07) is 21.5. The number of nitrogens with zero attached hydrogens (tertiary/aromatic N) is 3. The fourth-order valence-electron chi connectivity index (χ4n) is 4.14. The number of amidine groups is 1. The summed E-state index contributed by atoms with van der Waals surface area (Å²) < 4.78 is 17.2. The predicted molar refractivity (Wildman–Crippen MR) is 130 cm³/mol. The molecule has 0 unspecified atom stereocenters. The van der Waals surface area contributed by atoms with Crippen molar-refractivity contribution in [1.82, 2.24) is 9.80 Å². The Morgan fingerprint density at radius 2 is 1.76 bits per heavy atom. The molecule has 34 heavy (non-hydrogen) atoms. The Morgan fingerprint density at radius 1 is 0.971 bits per heavy atom. The van der Waals surface area contributed by atoms with E-state index in [1.807, 2.05) is 73.7 Å². The summed E-state index contributed by atoms with van der Waals surface area (Å²) in [7, 11) is 1.64. The van der Waals surface area contributed by atoms with Gasteiger partial charge in [-0.1, -0.05) is 36.4 Å². The lowest BCUT2D eigenvalue weighted by atomic mass is 10.1. The van der Waals surface area contributed by atoms with Crippen LogP contribution in [-0.4, -0.2) is 55.0 Å². The van der Waals surface area contributed by atoms with Gasteiger partial charge in [-0.25, -0.2) is 9.79 Å². The largest absolute Gasteiger partial charge is 0.497 e. The van der Waals surface area contributed by atoms with Crippen molar-refractivity contribution in [1.29, 1.82) is 0 Å². The number of carbonyl (C=O) groups is 1. The molecule has 5 rings (SSSR count). The average Bonchev–Trinajstić information content (AvgIpc) is 3.03. The van der Waals surface area contributed by atoms with Crippen molar-refractivity contribution in [3.05, 3.63) is 83.4 Å². The van der Waals surface area contributed by atoms with Crippen molar-refractivity contribution >= 4 is 17.6 Å². The minimum absolute atomic E-state index is 0.273. The molecule has 3 aromatic rings. The second-order valence-corrected chi connectivity index (χ2v) is 8.39. The maximum absolute atomic E-state index is 12.6. The molecule has 0 aliphatic carbocycles. The number of hydrogen-bond donors (Lipinski definition) is 0. The smallest absolute Gasteiger partial charge is 0.410 e. The molecule has 2 aliphatic heterocycles. The van der Waals surface area contributed by atoms with E-state index in [0.29, 0.717) is 37.7 Å². The zero-order valence-electron chi connectivity index (χ0n) is 19.4. The van der Waals surface area contributed by atoms with Crippen LogP contribution in [0.5, 0.6) is 17.2 Å². The van der Waals surface area contributed by atoms with Gasteiger partial charge < -0.3 is 24.0 Å². The third kappa shape index (κ3) is 4.55. The Hall–Kier alpha value is -4.00. The standard InChI is InChI=1S/C27H27N3O4/c1-19-8-11-23-25(16-19)34-24-17-21(32-2)9-10-22(24)26(28-23)29-12-14-30(15-13-29)27(31)33-18-20-6-4-3-5-7-20/h3-11,16-17H,12-15,18H2,1-2H3. The first-order valence-corrected chi connectivity index (χ1v) is 11.4. The van der Waals surface area contributed by atoms with Crippen LogP contribution in [0, 0.1) is 6.92 Å². The van der Waals surface area contributed by atoms with Gasteiger partial charge in [0.25, 0.3) is 0 Å². The quantitative estimate of drug-likeness (QED) is 0.545. The molecule has 7 nitrogen and oxygen atoms in total. The van der Waals surface area contributed by atoms with E-state index in [9.17, 15) is 4.79 Å². The lowest BCUT2D eigenvalue weighted by Gasteiger charge is -2.36. The summed E-state index contributed by atoms with van der Waals surface area (Å²) in [5, 5.41) is 0. The van der Waals surface area contributed by atoms with Crippen LogP contribution in [0.2, 0.25) is 0 Å². The molecule has 0 N–H and O–H groups in total. The molecule has 0 aromatic heterocycles. The van der Waals surface area contributed by atoms with Gasteiger partial charge in [0.2, 0.25) is 0 Å². The molecule has 0 saturated carbocycles. The summed E-state index contributed by atoms with van der Waals surface area (Å²) in [4.78, 5) is 21.5. The highest BCUT2D eigenvalue weighted by Crippen LogP contribution is 2.40. The van der Waals surface area contributed by atoms with Gasteiger partial charge in [0.1, 0.15) is 29.6 Å². The molecule has 1 saturated heterocycles. The molecule has 0 spiro atoms. The molecule has 7 heteroatoms. The molecule has 0 atom stereocenters. The Bertz CT molecular complexity index is 1220. The normalized spacial score (nSPS) is 14.8. The maximum Gasteiger partial charge on any atom is 0.410 e. The number of ether oxygens (including phenoxy) is 3. The number of aliphatic imine (C=N–C) groups is 1. The number of carbonyl (C=O) groups excluding carboxylic acids is 1. The number of fused-ring (bicyclic) bond motifs is 2. The Balaban J connectivity index is 1.34. The molecular formula is C27H27N3O4. The summed E-state index contributed by atoms with van der Waals surface area (Å²) in [5.74, 6) is 2.97. The Labute approximate surface area is 199 Å². The number of hydrogen-bond acceptors (Lipinski definition) is 6. The van der Waals surface area contributed by atoms with E-state index in [1.54, 1.807) is 12.0 Å². The van der Waals surface area contributed by atoms with Crippen LogP contribution in [0.3, 0.4) is 0 Å². The van der Waals surface area contributed by atoms with Gasteiger partial charge in [0.05, 0.1) is 12.7 Å². The van der Waals surface area contributed by atoms with E-state index in [-0.39, 0.29) is 12.7 Å². The molecule has 1 amide bonds. The summed E-state index contributed by atoms with van der Waals surface area (Å²) in [5.41, 5.74) is 3.75. The first kappa shape index (κ1) is 21.8. The van der Waals surface area contributed by atoms with Crippen molar-refractivity contribution in [2.75, 3.05) is 33.3 Å². The van der Waals surface area contributed by atoms with Gasteiger partial charge in [-0.05, 0) is 42.3 Å². The van der Waals surface area contributed by atoms with Crippen LogP contribution in [0.1, 0.15) is 16.7 Å². The van der Waals surface area contributed by atoms with Crippen LogP contribution in [0.4, 0.5) is 10.5 Å². The monoisotopic (exact) mass is 457 g/mol. The Kier molecular flexibility index (Phi) is 6.08. The number of piperazine rings is 1. The highest BCUT2D eigenvalue weighted by atomic mass is 16.6. The molecule has 2 aliphatic rings. The number of benzene rings is 3. The first-order chi connectivity index (χ1) is 16.6. The lowest BCUT2D eigenvalue weighted by Crippen LogP contribution is -2.50. The van der Waals surface area contributed by atoms with Gasteiger partial charge in [-0.2, -0.15) is 0 Å². The van der Waals surface area contributed by atoms with Crippen LogP contribution < -0.4 is 9.47 Å². The highest BCUT2D eigenvalue weighted by molar-refractivity contribution is 6.04. The first-order valence-electron chi connectivity index (χ1n) is 11.4. The van der Waals surface area contributed by atoms with E-state index in [0.717, 1.165) is 34.0 Å². The second kappa shape index (κ2) is 9.47. The topological polar surface area (TPSA) is 63.6 Å². The van der Waals surface area contributed by atoms with Gasteiger partial charge in [0, 0.05) is 32.2 Å². The van der Waals surface area contributed by atoms with Crippen LogP contribution >= 0.6 is 0 Å².